The molecule has 0 saturated heterocycles. The minimum atomic E-state index is -1.13. The van der Waals surface area contributed by atoms with Crippen molar-refractivity contribution in [1.82, 2.24) is 15.0 Å². The van der Waals surface area contributed by atoms with Crippen molar-refractivity contribution in [3.8, 4) is 12.3 Å². The third kappa shape index (κ3) is 4.20. The number of fused-ring (bicyclic) bond motifs is 1. The maximum absolute atomic E-state index is 14.4. The summed E-state index contributed by atoms with van der Waals surface area (Å²) in [6.45, 7) is -0.802. The zero-order chi connectivity index (χ0) is 21.0. The van der Waals surface area contributed by atoms with Gasteiger partial charge in [0.2, 0.25) is 0 Å². The third-order valence-corrected chi connectivity index (χ3v) is 4.21. The molecule has 8 nitrogen and oxygen atoms in total. The average Bonchev–Trinajstić information content (AvgIpc) is 3.01. The van der Waals surface area contributed by atoms with E-state index >= 15 is 0 Å². The number of rotatable bonds is 7. The van der Waals surface area contributed by atoms with Crippen LogP contribution in [0, 0.1) is 18.2 Å². The van der Waals surface area contributed by atoms with Gasteiger partial charge in [0, 0.05) is 24.2 Å². The molecule has 4 N–H and O–H groups in total. The van der Waals surface area contributed by atoms with Crippen LogP contribution in [0.2, 0.25) is 0 Å². The molecule has 3 aromatic rings. The van der Waals surface area contributed by atoms with Crippen molar-refractivity contribution in [3.05, 3.63) is 53.5 Å². The molecule has 0 saturated carbocycles. The standard InChI is InChI=1S/C20H19FN4O4/c1-3-12-6-7-16(15(21)9-12)23-19-17(20(28)24-29-11-13(27)10-26)14-5-4-8-22-18(14)25(19)2/h1,4-9,13,23,26-27H,10-11H2,2H3,(H,24,28)/t13-/m1/s1. The van der Waals surface area contributed by atoms with E-state index in [1.807, 2.05) is 0 Å². The van der Waals surface area contributed by atoms with Crippen molar-refractivity contribution in [2.24, 2.45) is 7.05 Å². The summed E-state index contributed by atoms with van der Waals surface area (Å²) in [5.41, 5.74) is 3.40. The summed E-state index contributed by atoms with van der Waals surface area (Å²) < 4.78 is 16.0. The fourth-order valence-electron chi connectivity index (χ4n) is 2.78. The summed E-state index contributed by atoms with van der Waals surface area (Å²) in [7, 11) is 1.68. The number of hydrogen-bond acceptors (Lipinski definition) is 6. The van der Waals surface area contributed by atoms with Crippen LogP contribution in [-0.4, -0.2) is 45.0 Å². The monoisotopic (exact) mass is 398 g/mol. The first kappa shape index (κ1) is 20.3. The number of aromatic nitrogens is 2. The van der Waals surface area contributed by atoms with Gasteiger partial charge in [-0.15, -0.1) is 6.42 Å². The van der Waals surface area contributed by atoms with E-state index in [1.54, 1.807) is 36.0 Å². The van der Waals surface area contributed by atoms with E-state index in [2.05, 4.69) is 21.7 Å². The Morgan fingerprint density at radius 1 is 1.45 bits per heavy atom. The summed E-state index contributed by atoms with van der Waals surface area (Å²) in [4.78, 5) is 22.0. The number of aryl methyl sites for hydroxylation is 1. The van der Waals surface area contributed by atoms with Crippen molar-refractivity contribution in [2.75, 3.05) is 18.5 Å². The second-order valence-corrected chi connectivity index (χ2v) is 6.20. The molecule has 1 amide bonds. The highest BCUT2D eigenvalue weighted by molar-refractivity contribution is 6.11. The molecule has 29 heavy (non-hydrogen) atoms. The smallest absolute Gasteiger partial charge is 0.279 e. The van der Waals surface area contributed by atoms with Crippen LogP contribution in [0.3, 0.4) is 0 Å². The highest BCUT2D eigenvalue weighted by atomic mass is 19.1. The topological polar surface area (TPSA) is 109 Å². The number of amides is 1. The highest BCUT2D eigenvalue weighted by Crippen LogP contribution is 2.31. The predicted molar refractivity (Wildman–Crippen MR) is 105 cm³/mol. The van der Waals surface area contributed by atoms with E-state index in [9.17, 15) is 14.3 Å². The highest BCUT2D eigenvalue weighted by Gasteiger charge is 2.23. The third-order valence-electron chi connectivity index (χ3n) is 4.21. The van der Waals surface area contributed by atoms with Crippen LogP contribution < -0.4 is 10.8 Å². The number of aliphatic hydroxyl groups is 2. The van der Waals surface area contributed by atoms with E-state index in [0.717, 1.165) is 0 Å². The van der Waals surface area contributed by atoms with Crippen molar-refractivity contribution in [1.29, 1.82) is 0 Å². The lowest BCUT2D eigenvalue weighted by Gasteiger charge is -2.13. The Morgan fingerprint density at radius 2 is 2.24 bits per heavy atom. The zero-order valence-corrected chi connectivity index (χ0v) is 15.5. The minimum absolute atomic E-state index is 0.126. The van der Waals surface area contributed by atoms with Crippen LogP contribution in [0.1, 0.15) is 15.9 Å². The maximum atomic E-state index is 14.4. The molecule has 3 rings (SSSR count). The first-order valence-electron chi connectivity index (χ1n) is 8.64. The van der Waals surface area contributed by atoms with Crippen LogP contribution >= 0.6 is 0 Å². The molecule has 150 valence electrons. The summed E-state index contributed by atoms with van der Waals surface area (Å²) in [6.07, 6.45) is 5.73. The molecule has 9 heteroatoms. The van der Waals surface area contributed by atoms with Gasteiger partial charge in [-0.05, 0) is 30.3 Å². The molecular weight excluding hydrogens is 379 g/mol. The molecule has 0 aliphatic carbocycles. The van der Waals surface area contributed by atoms with E-state index < -0.39 is 24.4 Å². The number of benzene rings is 1. The number of nitrogens with zero attached hydrogens (tertiary/aromatic N) is 2. The second-order valence-electron chi connectivity index (χ2n) is 6.20. The lowest BCUT2D eigenvalue weighted by atomic mass is 10.1. The minimum Gasteiger partial charge on any atom is -0.394 e. The molecule has 1 aromatic carbocycles. The van der Waals surface area contributed by atoms with E-state index in [0.29, 0.717) is 16.6 Å². The van der Waals surface area contributed by atoms with E-state index in [-0.39, 0.29) is 23.7 Å². The summed E-state index contributed by atoms with van der Waals surface area (Å²) in [5.74, 6) is 1.44. The van der Waals surface area contributed by atoms with Gasteiger partial charge in [0.25, 0.3) is 5.91 Å². The van der Waals surface area contributed by atoms with Crippen LogP contribution in [0.25, 0.3) is 11.0 Å². The van der Waals surface area contributed by atoms with Gasteiger partial charge < -0.3 is 20.1 Å². The number of terminal acetylenes is 1. The Balaban J connectivity index is 1.98. The van der Waals surface area contributed by atoms with Gasteiger partial charge in [-0.1, -0.05) is 5.92 Å². The van der Waals surface area contributed by atoms with Crippen molar-refractivity contribution < 1.29 is 24.2 Å². The number of aliphatic hydroxyl groups excluding tert-OH is 2. The average molecular weight is 398 g/mol. The van der Waals surface area contributed by atoms with Crippen LogP contribution in [-0.2, 0) is 11.9 Å². The van der Waals surface area contributed by atoms with Gasteiger partial charge in [0.05, 0.1) is 17.9 Å². The molecule has 2 heterocycles. The van der Waals surface area contributed by atoms with Crippen LogP contribution in [0.5, 0.6) is 0 Å². The molecule has 0 fully saturated rings. The quantitative estimate of drug-likeness (QED) is 0.354. The Morgan fingerprint density at radius 3 is 2.93 bits per heavy atom. The van der Waals surface area contributed by atoms with Crippen LogP contribution in [0.4, 0.5) is 15.9 Å². The predicted octanol–water partition coefficient (Wildman–Crippen LogP) is 1.45. The normalized spacial score (nSPS) is 11.8. The Labute approximate surface area is 165 Å². The largest absolute Gasteiger partial charge is 0.394 e. The Hall–Kier alpha value is -3.45. The van der Waals surface area contributed by atoms with Gasteiger partial charge in [-0.3, -0.25) is 9.63 Å². The number of hydrogen-bond donors (Lipinski definition) is 4. The van der Waals surface area contributed by atoms with Gasteiger partial charge in [0.1, 0.15) is 30.0 Å². The van der Waals surface area contributed by atoms with Gasteiger partial charge in [0.15, 0.2) is 0 Å². The fourth-order valence-corrected chi connectivity index (χ4v) is 2.78. The Kier molecular flexibility index (Phi) is 6.09. The number of carbonyl (C=O) groups excluding carboxylic acids is 1. The van der Waals surface area contributed by atoms with Crippen molar-refractivity contribution >= 4 is 28.4 Å². The SMILES string of the molecule is C#Cc1ccc(Nc2c(C(=O)NOC[C@H](O)CO)c3cccnc3n2C)c(F)c1. The number of nitrogens with one attached hydrogen (secondary N) is 2. The summed E-state index contributed by atoms with van der Waals surface area (Å²) in [6, 6.07) is 7.63. The molecule has 2 aromatic heterocycles. The molecule has 0 bridgehead atoms. The number of anilines is 2. The molecule has 0 aliphatic rings. The zero-order valence-electron chi connectivity index (χ0n) is 15.5. The van der Waals surface area contributed by atoms with Gasteiger partial charge in [-0.2, -0.15) is 0 Å². The van der Waals surface area contributed by atoms with Crippen molar-refractivity contribution in [2.45, 2.75) is 6.10 Å². The molecule has 0 unspecified atom stereocenters. The van der Waals surface area contributed by atoms with Gasteiger partial charge >= 0.3 is 0 Å². The first-order chi connectivity index (χ1) is 14.0. The molecule has 0 aliphatic heterocycles. The lowest BCUT2D eigenvalue weighted by Crippen LogP contribution is -2.30. The number of hydroxylamine groups is 1. The number of halogens is 1. The summed E-state index contributed by atoms with van der Waals surface area (Å²) in [5, 5.41) is 21.6. The molecular formula is C20H19FN4O4. The second kappa shape index (κ2) is 8.70. The van der Waals surface area contributed by atoms with E-state index in [1.165, 1.54) is 12.1 Å². The fraction of sp³-hybridized carbons (Fsp3) is 0.200. The maximum Gasteiger partial charge on any atom is 0.279 e. The molecule has 1 atom stereocenters. The number of pyridine rings is 1. The summed E-state index contributed by atoms with van der Waals surface area (Å²) >= 11 is 0. The van der Waals surface area contributed by atoms with E-state index in [4.69, 9.17) is 16.4 Å². The molecule has 0 radical (unpaired) electrons. The van der Waals surface area contributed by atoms with Gasteiger partial charge in [-0.25, -0.2) is 14.9 Å². The van der Waals surface area contributed by atoms with Crippen molar-refractivity contribution in [3.63, 3.8) is 0 Å². The lowest BCUT2D eigenvalue weighted by molar-refractivity contribution is -0.0294. The first-order valence-corrected chi connectivity index (χ1v) is 8.64. The number of carbonyl (C=O) groups is 1. The molecule has 0 spiro atoms. The van der Waals surface area contributed by atoms with Crippen LogP contribution in [0.15, 0.2) is 36.5 Å². The Bertz CT molecular complexity index is 1090.